The van der Waals surface area contributed by atoms with Crippen LogP contribution in [0.3, 0.4) is 0 Å². The van der Waals surface area contributed by atoms with Gasteiger partial charge in [0.25, 0.3) is 0 Å². The fraction of sp³-hybridized carbons (Fsp3) is 0.375. The molecule has 0 aliphatic carbocycles. The molecule has 1 aromatic carbocycles. The Hall–Kier alpha value is -3.25. The van der Waals surface area contributed by atoms with Crippen LogP contribution in [0.2, 0.25) is 0 Å². The first-order chi connectivity index (χ1) is 15.2. The molecule has 8 nitrogen and oxygen atoms in total. The van der Waals surface area contributed by atoms with Gasteiger partial charge in [0.2, 0.25) is 6.19 Å². The van der Waals surface area contributed by atoms with E-state index in [4.69, 9.17) is 15.4 Å². The van der Waals surface area contributed by atoms with Crippen molar-refractivity contribution in [2.45, 2.75) is 39.7 Å². The summed E-state index contributed by atoms with van der Waals surface area (Å²) in [5.74, 6) is 0.901. The first-order valence-corrected chi connectivity index (χ1v) is 10.5. The van der Waals surface area contributed by atoms with Gasteiger partial charge in [0.1, 0.15) is 30.2 Å². The number of pyridine rings is 1. The summed E-state index contributed by atoms with van der Waals surface area (Å²) in [6.45, 7) is 9.70. The molecule has 3 heterocycles. The monoisotopic (exact) mass is 510 g/mol. The second-order valence-corrected chi connectivity index (χ2v) is 9.10. The number of ketones is 1. The number of aryl methyl sites for hydroxylation is 1. The topological polar surface area (TPSA) is 106 Å². The number of amidine groups is 1. The van der Waals surface area contributed by atoms with E-state index < -0.39 is 0 Å². The van der Waals surface area contributed by atoms with Crippen LogP contribution < -0.4 is 9.64 Å². The van der Waals surface area contributed by atoms with Gasteiger partial charge in [-0.3, -0.25) is 10.2 Å². The summed E-state index contributed by atoms with van der Waals surface area (Å²) < 4.78 is 5.98. The summed E-state index contributed by atoms with van der Waals surface area (Å²) >= 11 is 0. The van der Waals surface area contributed by atoms with Crippen LogP contribution in [0.25, 0.3) is 0 Å². The molecule has 0 saturated carbocycles. The minimum Gasteiger partial charge on any atom is -0.489 e. The molecule has 0 atom stereocenters. The molecular formula is C24H27BrN6O2. The molecule has 0 bridgehead atoms. The molecule has 9 heteroatoms. The number of benzene rings is 1. The standard InChI is InChI=1S/C24H26N6O2.BrH/c1-15-5-6-16-11-30(23(26)21(16)28-15)12-20(31)17-9-18(24(2,3)4)22-19(10-17)29(7-8-32-22)14-27-13-25;/h5-6,9-10,14,26H,7-8,11-12H2,1-4H3;1H. The number of hydrogen-bond acceptors (Lipinski definition) is 6. The normalized spacial score (nSPS) is 14.9. The van der Waals surface area contributed by atoms with Crippen LogP contribution in [0.1, 0.15) is 53.6 Å². The zero-order chi connectivity index (χ0) is 23.0. The molecule has 0 amide bonds. The van der Waals surface area contributed by atoms with Gasteiger partial charge in [-0.1, -0.05) is 26.8 Å². The molecule has 1 aromatic heterocycles. The molecule has 2 aliphatic rings. The second kappa shape index (κ2) is 9.32. The Morgan fingerprint density at radius 3 is 2.82 bits per heavy atom. The number of aromatic nitrogens is 1. The number of nitriles is 1. The van der Waals surface area contributed by atoms with Crippen LogP contribution in [0.5, 0.6) is 5.75 Å². The van der Waals surface area contributed by atoms with Crippen molar-refractivity contribution < 1.29 is 9.53 Å². The number of carbonyl (C=O) groups excluding carboxylic acids is 1. The first kappa shape index (κ1) is 24.4. The summed E-state index contributed by atoms with van der Waals surface area (Å²) in [4.78, 5) is 25.1. The Kier molecular flexibility index (Phi) is 6.89. The third-order valence-electron chi connectivity index (χ3n) is 5.70. The lowest BCUT2D eigenvalue weighted by atomic mass is 9.84. The van der Waals surface area contributed by atoms with Gasteiger partial charge in [-0.25, -0.2) is 4.98 Å². The zero-order valence-electron chi connectivity index (χ0n) is 19.2. The van der Waals surface area contributed by atoms with E-state index in [9.17, 15) is 4.79 Å². The molecule has 172 valence electrons. The molecule has 2 aromatic rings. The van der Waals surface area contributed by atoms with E-state index in [1.807, 2.05) is 30.0 Å². The molecule has 0 fully saturated rings. The van der Waals surface area contributed by atoms with Crippen LogP contribution in [-0.4, -0.2) is 47.5 Å². The van der Waals surface area contributed by atoms with Gasteiger partial charge in [-0.2, -0.15) is 10.3 Å². The third-order valence-corrected chi connectivity index (χ3v) is 5.70. The number of Topliss-reactive ketones (excluding diaryl/α,β-unsaturated/α-hetero) is 1. The molecular weight excluding hydrogens is 484 g/mol. The quantitative estimate of drug-likeness (QED) is 0.288. The predicted octanol–water partition coefficient (Wildman–Crippen LogP) is 4.00. The highest BCUT2D eigenvalue weighted by atomic mass is 79.9. The van der Waals surface area contributed by atoms with Crippen molar-refractivity contribution in [3.63, 3.8) is 0 Å². The summed E-state index contributed by atoms with van der Waals surface area (Å²) in [5.41, 5.74) is 4.39. The van der Waals surface area contributed by atoms with Crippen molar-refractivity contribution >= 4 is 40.6 Å². The van der Waals surface area contributed by atoms with Crippen molar-refractivity contribution in [2.24, 2.45) is 4.99 Å². The lowest BCUT2D eigenvalue weighted by molar-refractivity contribution is 0.0962. The highest BCUT2D eigenvalue weighted by molar-refractivity contribution is 8.93. The summed E-state index contributed by atoms with van der Waals surface area (Å²) in [6, 6.07) is 7.58. The Morgan fingerprint density at radius 1 is 1.36 bits per heavy atom. The van der Waals surface area contributed by atoms with Gasteiger partial charge >= 0.3 is 0 Å². The van der Waals surface area contributed by atoms with Gasteiger partial charge in [0.15, 0.2) is 5.78 Å². The van der Waals surface area contributed by atoms with Crippen LogP contribution in [-0.2, 0) is 12.0 Å². The van der Waals surface area contributed by atoms with Crippen molar-refractivity contribution in [3.05, 3.63) is 52.3 Å². The summed E-state index contributed by atoms with van der Waals surface area (Å²) in [5, 5.41) is 17.3. The zero-order valence-corrected chi connectivity index (χ0v) is 20.9. The fourth-order valence-electron chi connectivity index (χ4n) is 4.03. The van der Waals surface area contributed by atoms with E-state index in [1.54, 1.807) is 17.2 Å². The van der Waals surface area contributed by atoms with Gasteiger partial charge < -0.3 is 14.5 Å². The number of rotatable bonds is 4. The molecule has 1 N–H and O–H groups in total. The van der Waals surface area contributed by atoms with Crippen LogP contribution in [0.4, 0.5) is 5.69 Å². The average Bonchev–Trinajstić information content (AvgIpc) is 3.05. The molecule has 0 unspecified atom stereocenters. The number of carbonyl (C=O) groups is 1. The van der Waals surface area contributed by atoms with E-state index in [0.717, 1.165) is 22.5 Å². The molecule has 0 radical (unpaired) electrons. The van der Waals surface area contributed by atoms with E-state index in [0.29, 0.717) is 36.7 Å². The minimum absolute atomic E-state index is 0. The van der Waals surface area contributed by atoms with Gasteiger partial charge in [-0.05, 0) is 30.5 Å². The number of nitrogens with zero attached hydrogens (tertiary/aromatic N) is 5. The Labute approximate surface area is 204 Å². The molecule has 2 aliphatic heterocycles. The smallest absolute Gasteiger partial charge is 0.207 e. The SMILES string of the molecule is Br.Cc1ccc2c(n1)C(=N)N(CC(=O)c1cc3c(c(C(C)(C)C)c1)OCCN3C=NC#N)C2. The van der Waals surface area contributed by atoms with Crippen molar-refractivity contribution in [1.82, 2.24) is 9.88 Å². The number of fused-ring (bicyclic) bond motifs is 2. The maximum absolute atomic E-state index is 13.3. The maximum Gasteiger partial charge on any atom is 0.207 e. The Balaban J connectivity index is 0.00000306. The minimum atomic E-state index is -0.256. The number of halogens is 1. The van der Waals surface area contributed by atoms with E-state index in [2.05, 4.69) is 30.7 Å². The number of hydrogen-bond donors (Lipinski definition) is 1. The Morgan fingerprint density at radius 2 is 2.12 bits per heavy atom. The highest BCUT2D eigenvalue weighted by Gasteiger charge is 2.31. The fourth-order valence-corrected chi connectivity index (χ4v) is 4.03. The maximum atomic E-state index is 13.3. The van der Waals surface area contributed by atoms with E-state index >= 15 is 0 Å². The lowest BCUT2D eigenvalue weighted by Crippen LogP contribution is -2.34. The Bertz CT molecular complexity index is 1180. The third kappa shape index (κ3) is 4.76. The largest absolute Gasteiger partial charge is 0.489 e. The number of ether oxygens (including phenoxy) is 1. The van der Waals surface area contributed by atoms with Gasteiger partial charge in [0, 0.05) is 28.9 Å². The van der Waals surface area contributed by atoms with Crippen molar-refractivity contribution in [1.29, 1.82) is 10.7 Å². The average molecular weight is 511 g/mol. The highest BCUT2D eigenvalue weighted by Crippen LogP contribution is 2.41. The van der Waals surface area contributed by atoms with Crippen molar-refractivity contribution in [3.8, 4) is 11.9 Å². The van der Waals surface area contributed by atoms with Crippen molar-refractivity contribution in [2.75, 3.05) is 24.6 Å². The summed E-state index contributed by atoms with van der Waals surface area (Å²) in [6.07, 6.45) is 3.25. The first-order valence-electron chi connectivity index (χ1n) is 10.5. The molecule has 0 saturated heterocycles. The van der Waals surface area contributed by atoms with Crippen LogP contribution >= 0.6 is 17.0 Å². The molecule has 0 spiro atoms. The number of anilines is 1. The van der Waals surface area contributed by atoms with Gasteiger partial charge in [0.05, 0.1) is 18.8 Å². The summed E-state index contributed by atoms with van der Waals surface area (Å²) in [7, 11) is 0. The number of aliphatic imine (C=N–C) groups is 1. The lowest BCUT2D eigenvalue weighted by Gasteiger charge is -2.33. The predicted molar refractivity (Wildman–Crippen MR) is 133 cm³/mol. The molecule has 4 rings (SSSR count). The second-order valence-electron chi connectivity index (χ2n) is 9.10. The molecule has 33 heavy (non-hydrogen) atoms. The van der Waals surface area contributed by atoms with Crippen LogP contribution in [0.15, 0.2) is 29.3 Å². The van der Waals surface area contributed by atoms with E-state index in [1.165, 1.54) is 6.34 Å². The van der Waals surface area contributed by atoms with E-state index in [-0.39, 0.29) is 40.6 Å². The number of nitrogens with one attached hydrogen (secondary N) is 1. The van der Waals surface area contributed by atoms with Crippen LogP contribution in [0, 0.1) is 23.8 Å². The van der Waals surface area contributed by atoms with Gasteiger partial charge in [-0.15, -0.1) is 17.0 Å².